The molecule has 122 valence electrons. The highest BCUT2D eigenvalue weighted by Gasteiger charge is 2.18. The van der Waals surface area contributed by atoms with Gasteiger partial charge < -0.3 is 19.6 Å². The molecule has 0 radical (unpaired) electrons. The van der Waals surface area contributed by atoms with Gasteiger partial charge in [0, 0.05) is 33.3 Å². The average molecular weight is 317 g/mol. The molecule has 1 saturated heterocycles. The highest BCUT2D eigenvalue weighted by atomic mass is 16.5. The molecular weight excluding hydrogens is 298 g/mol. The summed E-state index contributed by atoms with van der Waals surface area (Å²) < 4.78 is 4.82. The van der Waals surface area contributed by atoms with Crippen LogP contribution in [0.25, 0.3) is 0 Å². The van der Waals surface area contributed by atoms with Gasteiger partial charge in [-0.05, 0) is 12.8 Å². The lowest BCUT2D eigenvalue weighted by molar-refractivity contribution is 0.0913. The normalized spacial score (nSPS) is 14.1. The molecule has 2 aromatic heterocycles. The maximum Gasteiger partial charge on any atom is 0.290 e. The van der Waals surface area contributed by atoms with E-state index in [2.05, 4.69) is 30.3 Å². The van der Waals surface area contributed by atoms with E-state index in [1.165, 1.54) is 12.3 Å². The molecule has 0 spiro atoms. The predicted molar refractivity (Wildman–Crippen MR) is 83.3 cm³/mol. The second-order valence-electron chi connectivity index (χ2n) is 5.50. The standard InChI is InChI=1S/C14H19N7O2/c1-20(2)13-17-11(9-15-12(22)10-5-6-16-23-10)18-14(19-13)21-7-3-4-8-21/h5-6H,3-4,7-9H2,1-2H3,(H,15,22). The Hall–Kier alpha value is -2.71. The van der Waals surface area contributed by atoms with E-state index in [4.69, 9.17) is 4.52 Å². The molecule has 9 heteroatoms. The average Bonchev–Trinajstić information content (AvgIpc) is 3.25. The molecule has 1 amide bonds. The van der Waals surface area contributed by atoms with E-state index in [1.54, 1.807) is 0 Å². The molecule has 0 bridgehead atoms. The minimum atomic E-state index is -0.350. The van der Waals surface area contributed by atoms with Crippen LogP contribution >= 0.6 is 0 Å². The maximum absolute atomic E-state index is 11.9. The van der Waals surface area contributed by atoms with Gasteiger partial charge in [0.25, 0.3) is 5.91 Å². The van der Waals surface area contributed by atoms with Crippen molar-refractivity contribution in [2.24, 2.45) is 0 Å². The molecular formula is C14H19N7O2. The van der Waals surface area contributed by atoms with Crippen molar-refractivity contribution in [1.29, 1.82) is 0 Å². The fourth-order valence-electron chi connectivity index (χ4n) is 2.31. The van der Waals surface area contributed by atoms with Gasteiger partial charge in [-0.1, -0.05) is 5.16 Å². The molecule has 0 aliphatic carbocycles. The fraction of sp³-hybridized carbons (Fsp3) is 0.500. The summed E-state index contributed by atoms with van der Waals surface area (Å²) in [6.45, 7) is 2.09. The van der Waals surface area contributed by atoms with Crippen LogP contribution in [-0.4, -0.2) is 53.2 Å². The summed E-state index contributed by atoms with van der Waals surface area (Å²) in [6.07, 6.45) is 3.70. The van der Waals surface area contributed by atoms with Crippen molar-refractivity contribution in [3.8, 4) is 0 Å². The minimum Gasteiger partial charge on any atom is -0.351 e. The number of anilines is 2. The number of amides is 1. The van der Waals surface area contributed by atoms with E-state index in [1.807, 2.05) is 19.0 Å². The molecule has 3 heterocycles. The van der Waals surface area contributed by atoms with E-state index in [0.717, 1.165) is 25.9 Å². The molecule has 1 aliphatic rings. The van der Waals surface area contributed by atoms with Gasteiger partial charge in [0.15, 0.2) is 5.82 Å². The molecule has 9 nitrogen and oxygen atoms in total. The largest absolute Gasteiger partial charge is 0.351 e. The third-order valence-corrected chi connectivity index (χ3v) is 3.52. The molecule has 1 fully saturated rings. The zero-order chi connectivity index (χ0) is 16.2. The van der Waals surface area contributed by atoms with Crippen LogP contribution in [0.4, 0.5) is 11.9 Å². The Labute approximate surface area is 133 Å². The molecule has 0 saturated carbocycles. The van der Waals surface area contributed by atoms with Gasteiger partial charge in [-0.3, -0.25) is 4.79 Å². The van der Waals surface area contributed by atoms with E-state index < -0.39 is 0 Å². The quantitative estimate of drug-likeness (QED) is 0.848. The Kier molecular flexibility index (Phi) is 4.35. The summed E-state index contributed by atoms with van der Waals surface area (Å²) in [5.41, 5.74) is 0. The summed E-state index contributed by atoms with van der Waals surface area (Å²) in [6, 6.07) is 1.50. The zero-order valence-corrected chi connectivity index (χ0v) is 13.2. The van der Waals surface area contributed by atoms with Gasteiger partial charge in [-0.25, -0.2) is 0 Å². The van der Waals surface area contributed by atoms with Gasteiger partial charge in [0.2, 0.25) is 17.7 Å². The SMILES string of the molecule is CN(C)c1nc(CNC(=O)c2ccno2)nc(N2CCCC2)n1. The second-order valence-corrected chi connectivity index (χ2v) is 5.50. The second kappa shape index (κ2) is 6.59. The van der Waals surface area contributed by atoms with Crippen molar-refractivity contribution in [3.63, 3.8) is 0 Å². The lowest BCUT2D eigenvalue weighted by atomic mass is 10.4. The predicted octanol–water partition coefficient (Wildman–Crippen LogP) is 0.456. The number of aromatic nitrogens is 4. The van der Waals surface area contributed by atoms with Crippen LogP contribution in [0.2, 0.25) is 0 Å². The lowest BCUT2D eigenvalue weighted by Crippen LogP contribution is -2.27. The van der Waals surface area contributed by atoms with Crippen molar-refractivity contribution in [3.05, 3.63) is 23.8 Å². The summed E-state index contributed by atoms with van der Waals surface area (Å²) in [5, 5.41) is 6.23. The zero-order valence-electron chi connectivity index (χ0n) is 13.2. The topological polar surface area (TPSA) is 100 Å². The third kappa shape index (κ3) is 3.55. The Morgan fingerprint density at radius 2 is 2.09 bits per heavy atom. The monoisotopic (exact) mass is 317 g/mol. The van der Waals surface area contributed by atoms with Crippen LogP contribution in [0.15, 0.2) is 16.8 Å². The van der Waals surface area contributed by atoms with Crippen LogP contribution in [-0.2, 0) is 6.54 Å². The molecule has 3 rings (SSSR count). The number of hydrogen-bond acceptors (Lipinski definition) is 8. The summed E-state index contributed by atoms with van der Waals surface area (Å²) >= 11 is 0. The smallest absolute Gasteiger partial charge is 0.290 e. The number of carbonyl (C=O) groups excluding carboxylic acids is 1. The molecule has 0 unspecified atom stereocenters. The van der Waals surface area contributed by atoms with E-state index in [0.29, 0.717) is 17.7 Å². The molecule has 0 aromatic carbocycles. The molecule has 1 aliphatic heterocycles. The Morgan fingerprint density at radius 3 is 2.74 bits per heavy atom. The minimum absolute atomic E-state index is 0.159. The van der Waals surface area contributed by atoms with Crippen LogP contribution < -0.4 is 15.1 Å². The van der Waals surface area contributed by atoms with Crippen LogP contribution in [0, 0.1) is 0 Å². The molecule has 1 N–H and O–H groups in total. The van der Waals surface area contributed by atoms with Crippen molar-refractivity contribution in [1.82, 2.24) is 25.4 Å². The summed E-state index contributed by atoms with van der Waals surface area (Å²) in [7, 11) is 3.75. The van der Waals surface area contributed by atoms with Crippen molar-refractivity contribution >= 4 is 17.8 Å². The number of rotatable bonds is 5. The highest BCUT2D eigenvalue weighted by Crippen LogP contribution is 2.17. The third-order valence-electron chi connectivity index (χ3n) is 3.52. The first-order valence-electron chi connectivity index (χ1n) is 7.49. The van der Waals surface area contributed by atoms with E-state index in [-0.39, 0.29) is 18.2 Å². The number of nitrogens with zero attached hydrogens (tertiary/aromatic N) is 6. The first kappa shape index (κ1) is 15.2. The highest BCUT2D eigenvalue weighted by molar-refractivity contribution is 5.91. The van der Waals surface area contributed by atoms with Crippen LogP contribution in [0.5, 0.6) is 0 Å². The number of carbonyl (C=O) groups is 1. The Balaban J connectivity index is 1.76. The van der Waals surface area contributed by atoms with Crippen molar-refractivity contribution in [2.75, 3.05) is 37.0 Å². The lowest BCUT2D eigenvalue weighted by Gasteiger charge is -2.18. The van der Waals surface area contributed by atoms with Crippen molar-refractivity contribution < 1.29 is 9.32 Å². The number of nitrogens with one attached hydrogen (secondary N) is 1. The van der Waals surface area contributed by atoms with Gasteiger partial charge in [0.1, 0.15) is 0 Å². The number of hydrogen-bond donors (Lipinski definition) is 1. The Morgan fingerprint density at radius 1 is 1.30 bits per heavy atom. The molecule has 23 heavy (non-hydrogen) atoms. The van der Waals surface area contributed by atoms with Crippen molar-refractivity contribution in [2.45, 2.75) is 19.4 Å². The van der Waals surface area contributed by atoms with E-state index >= 15 is 0 Å². The van der Waals surface area contributed by atoms with Crippen LogP contribution in [0.1, 0.15) is 29.2 Å². The van der Waals surface area contributed by atoms with Gasteiger partial charge >= 0.3 is 0 Å². The maximum atomic E-state index is 11.9. The van der Waals surface area contributed by atoms with Gasteiger partial charge in [0.05, 0.1) is 12.7 Å². The van der Waals surface area contributed by atoms with E-state index in [9.17, 15) is 4.79 Å². The summed E-state index contributed by atoms with van der Waals surface area (Å²) in [5.74, 6) is 1.55. The summed E-state index contributed by atoms with van der Waals surface area (Å²) in [4.78, 5) is 29.2. The molecule has 2 aromatic rings. The fourth-order valence-corrected chi connectivity index (χ4v) is 2.31. The van der Waals surface area contributed by atoms with Crippen LogP contribution in [0.3, 0.4) is 0 Å². The van der Waals surface area contributed by atoms with Gasteiger partial charge in [-0.15, -0.1) is 0 Å². The first-order valence-corrected chi connectivity index (χ1v) is 7.49. The van der Waals surface area contributed by atoms with Gasteiger partial charge in [-0.2, -0.15) is 15.0 Å². The molecule has 0 atom stereocenters. The Bertz CT molecular complexity index is 666. The first-order chi connectivity index (χ1) is 11.1.